The van der Waals surface area contributed by atoms with E-state index >= 15 is 0 Å². The van der Waals surface area contributed by atoms with Crippen molar-refractivity contribution in [3.05, 3.63) is 53.3 Å². The minimum Gasteiger partial charge on any atom is -0.398 e. The first-order chi connectivity index (χ1) is 11.2. The number of amides is 1. The van der Waals surface area contributed by atoms with Crippen molar-refractivity contribution < 1.29 is 4.79 Å². The molecule has 7 nitrogen and oxygen atoms in total. The molecule has 0 radical (unpaired) electrons. The molecular weight excluding hydrogens is 304 g/mol. The number of nitrogens with one attached hydrogen (secondary N) is 2. The average Bonchev–Trinajstić information content (AvgIpc) is 2.86. The summed E-state index contributed by atoms with van der Waals surface area (Å²) in [6.45, 7) is 6.99. The number of carbonyl (C=O) groups excluding carboxylic acids is 1. The second-order valence-corrected chi connectivity index (χ2v) is 5.29. The van der Waals surface area contributed by atoms with Crippen LogP contribution in [0.1, 0.15) is 25.4 Å². The standard InChI is InChI=1S/C17H22N6O/c1-10(16(21)24)7-15(20)14(8-18)12(3)17-22-13(9-23(17)4)6-5-11(2)19/h5-9,18-19H,1,20H2,2-4H3,(H2,21,24)/b6-5?,14-12+,15-7+,18-8?,19-11?. The van der Waals surface area contributed by atoms with Crippen molar-refractivity contribution in [2.45, 2.75) is 13.8 Å². The van der Waals surface area contributed by atoms with Gasteiger partial charge in [-0.3, -0.25) is 4.79 Å². The number of rotatable bonds is 7. The molecule has 0 unspecified atom stereocenters. The van der Waals surface area contributed by atoms with Gasteiger partial charge in [-0.05, 0) is 32.1 Å². The molecule has 0 bridgehead atoms. The fourth-order valence-electron chi connectivity index (χ4n) is 1.99. The van der Waals surface area contributed by atoms with Crippen LogP contribution in [0.3, 0.4) is 0 Å². The molecule has 24 heavy (non-hydrogen) atoms. The summed E-state index contributed by atoms with van der Waals surface area (Å²) >= 11 is 0. The average molecular weight is 326 g/mol. The maximum atomic E-state index is 11.1. The van der Waals surface area contributed by atoms with E-state index < -0.39 is 5.91 Å². The fraction of sp³-hybridized carbons (Fsp3) is 0.176. The second-order valence-electron chi connectivity index (χ2n) is 5.29. The number of nitrogens with two attached hydrogens (primary N) is 2. The molecule has 6 N–H and O–H groups in total. The minimum atomic E-state index is -0.675. The Morgan fingerprint density at radius 1 is 1.38 bits per heavy atom. The monoisotopic (exact) mass is 326 g/mol. The molecule has 7 heteroatoms. The predicted molar refractivity (Wildman–Crippen MR) is 97.6 cm³/mol. The van der Waals surface area contributed by atoms with E-state index in [-0.39, 0.29) is 11.3 Å². The summed E-state index contributed by atoms with van der Waals surface area (Å²) in [6, 6.07) is 0. The summed E-state index contributed by atoms with van der Waals surface area (Å²) < 4.78 is 1.80. The maximum absolute atomic E-state index is 11.1. The minimum absolute atomic E-state index is 0.0598. The molecule has 1 aromatic heterocycles. The van der Waals surface area contributed by atoms with Crippen molar-refractivity contribution in [1.82, 2.24) is 9.55 Å². The van der Waals surface area contributed by atoms with Gasteiger partial charge in [0.05, 0.1) is 5.69 Å². The Balaban J connectivity index is 3.34. The molecule has 126 valence electrons. The highest BCUT2D eigenvalue weighted by Gasteiger charge is 2.12. The highest BCUT2D eigenvalue weighted by molar-refractivity contribution is 5.97. The zero-order chi connectivity index (χ0) is 18.4. The molecule has 0 aliphatic heterocycles. The van der Waals surface area contributed by atoms with Crippen LogP contribution in [-0.4, -0.2) is 27.4 Å². The van der Waals surface area contributed by atoms with Crippen LogP contribution in [0.4, 0.5) is 0 Å². The van der Waals surface area contributed by atoms with Gasteiger partial charge in [0.2, 0.25) is 5.91 Å². The number of carbonyl (C=O) groups is 1. The highest BCUT2D eigenvalue weighted by Crippen LogP contribution is 2.20. The summed E-state index contributed by atoms with van der Waals surface area (Å²) in [4.78, 5) is 15.5. The highest BCUT2D eigenvalue weighted by atomic mass is 16.1. The Bertz CT molecular complexity index is 792. The maximum Gasteiger partial charge on any atom is 0.248 e. The summed E-state index contributed by atoms with van der Waals surface area (Å²) in [5.41, 5.74) is 13.6. The van der Waals surface area contributed by atoms with Crippen LogP contribution in [0.5, 0.6) is 0 Å². The van der Waals surface area contributed by atoms with E-state index in [1.54, 1.807) is 30.6 Å². The van der Waals surface area contributed by atoms with Crippen LogP contribution in [0.15, 0.2) is 41.8 Å². The lowest BCUT2D eigenvalue weighted by Gasteiger charge is -2.09. The quantitative estimate of drug-likeness (QED) is 0.345. The second kappa shape index (κ2) is 7.87. The van der Waals surface area contributed by atoms with Crippen molar-refractivity contribution in [3.63, 3.8) is 0 Å². The SMILES string of the molecule is C=C(/C=C(N)\C(C=N)=C(/C)c1nc(C=CC(C)=N)cn1C)C(N)=O. The van der Waals surface area contributed by atoms with Crippen molar-refractivity contribution in [3.8, 4) is 0 Å². The van der Waals surface area contributed by atoms with Crippen LogP contribution in [-0.2, 0) is 11.8 Å². The summed E-state index contributed by atoms with van der Waals surface area (Å²) in [5.74, 6) is -0.0526. The molecular formula is C17H22N6O. The van der Waals surface area contributed by atoms with Gasteiger partial charge in [0.1, 0.15) is 5.82 Å². The van der Waals surface area contributed by atoms with Gasteiger partial charge < -0.3 is 26.9 Å². The molecule has 0 aliphatic carbocycles. The number of hydrogen-bond donors (Lipinski definition) is 4. The molecule has 0 aromatic carbocycles. The van der Waals surface area contributed by atoms with Gasteiger partial charge in [-0.25, -0.2) is 4.98 Å². The normalized spacial score (nSPS) is 12.9. The molecule has 0 atom stereocenters. The Morgan fingerprint density at radius 2 is 2.00 bits per heavy atom. The van der Waals surface area contributed by atoms with Crippen molar-refractivity contribution in [1.29, 1.82) is 10.8 Å². The number of aromatic nitrogens is 2. The molecule has 0 fully saturated rings. The Morgan fingerprint density at radius 3 is 2.50 bits per heavy atom. The first kappa shape index (κ1) is 18.8. The molecule has 1 aromatic rings. The molecule has 0 aliphatic rings. The largest absolute Gasteiger partial charge is 0.398 e. The van der Waals surface area contributed by atoms with Crippen molar-refractivity contribution >= 4 is 29.5 Å². The topological polar surface area (TPSA) is 135 Å². The number of primary amides is 1. The smallest absolute Gasteiger partial charge is 0.248 e. The lowest BCUT2D eigenvalue weighted by atomic mass is 10.0. The van der Waals surface area contributed by atoms with Crippen LogP contribution >= 0.6 is 0 Å². The third kappa shape index (κ3) is 4.64. The van der Waals surface area contributed by atoms with Gasteiger partial charge >= 0.3 is 0 Å². The number of aryl methyl sites for hydroxylation is 1. The van der Waals surface area contributed by atoms with Gasteiger partial charge in [-0.15, -0.1) is 0 Å². The third-order valence-corrected chi connectivity index (χ3v) is 3.24. The zero-order valence-corrected chi connectivity index (χ0v) is 14.1. The van der Waals surface area contributed by atoms with Gasteiger partial charge in [0.25, 0.3) is 0 Å². The lowest BCUT2D eigenvalue weighted by Crippen LogP contribution is -2.14. The van der Waals surface area contributed by atoms with Crippen molar-refractivity contribution in [2.75, 3.05) is 0 Å². The summed E-state index contributed by atoms with van der Waals surface area (Å²) in [5, 5.41) is 15.0. The van der Waals surface area contributed by atoms with E-state index in [0.717, 1.165) is 6.21 Å². The van der Waals surface area contributed by atoms with Crippen LogP contribution in [0, 0.1) is 10.8 Å². The lowest BCUT2D eigenvalue weighted by molar-refractivity contribution is -0.114. The van der Waals surface area contributed by atoms with Gasteiger partial charge in [-0.1, -0.05) is 6.58 Å². The molecule has 1 rings (SSSR count). The van der Waals surface area contributed by atoms with E-state index in [4.69, 9.17) is 22.3 Å². The van der Waals surface area contributed by atoms with E-state index in [0.29, 0.717) is 28.4 Å². The first-order valence-electron chi connectivity index (χ1n) is 7.12. The number of imidazole rings is 1. The zero-order valence-electron chi connectivity index (χ0n) is 14.1. The van der Waals surface area contributed by atoms with E-state index in [9.17, 15) is 4.79 Å². The van der Waals surface area contributed by atoms with Crippen LogP contribution < -0.4 is 11.5 Å². The molecule has 1 amide bonds. The van der Waals surface area contributed by atoms with Crippen molar-refractivity contribution in [2.24, 2.45) is 18.5 Å². The van der Waals surface area contributed by atoms with E-state index in [2.05, 4.69) is 11.6 Å². The van der Waals surface area contributed by atoms with Gasteiger partial charge in [0, 0.05) is 47.6 Å². The summed E-state index contributed by atoms with van der Waals surface area (Å²) in [6.07, 6.45) is 7.63. The van der Waals surface area contributed by atoms with Gasteiger partial charge in [0.15, 0.2) is 0 Å². The van der Waals surface area contributed by atoms with Gasteiger partial charge in [-0.2, -0.15) is 0 Å². The molecule has 0 saturated heterocycles. The third-order valence-electron chi connectivity index (χ3n) is 3.24. The Kier molecular flexibility index (Phi) is 6.17. The Labute approximate surface area is 141 Å². The molecule has 1 heterocycles. The first-order valence-corrected chi connectivity index (χ1v) is 7.12. The molecule has 0 spiro atoms. The Hall–Kier alpha value is -3.22. The van der Waals surface area contributed by atoms with E-state index in [1.807, 2.05) is 13.2 Å². The van der Waals surface area contributed by atoms with Crippen LogP contribution in [0.25, 0.3) is 11.6 Å². The number of nitrogens with zero attached hydrogens (tertiary/aromatic N) is 2. The number of hydrogen-bond acceptors (Lipinski definition) is 5. The predicted octanol–water partition coefficient (Wildman–Crippen LogP) is 1.78. The van der Waals surface area contributed by atoms with Crippen LogP contribution in [0.2, 0.25) is 0 Å². The fourth-order valence-corrected chi connectivity index (χ4v) is 1.99. The van der Waals surface area contributed by atoms with E-state index in [1.165, 1.54) is 6.08 Å². The summed E-state index contributed by atoms with van der Waals surface area (Å²) in [7, 11) is 1.82. The number of allylic oxidation sites excluding steroid dienone is 3. The molecule has 0 saturated carbocycles.